The largest absolute Gasteiger partial charge is 0.416 e. The highest BCUT2D eigenvalue weighted by molar-refractivity contribution is 6.33. The van der Waals surface area contributed by atoms with Crippen LogP contribution in [0.1, 0.15) is 25.3 Å². The molecule has 1 fully saturated rings. The van der Waals surface area contributed by atoms with Crippen LogP contribution in [0, 0.1) is 5.41 Å². The Hall–Kier alpha value is -1.27. The zero-order valence-electron chi connectivity index (χ0n) is 11.5. The van der Waals surface area contributed by atoms with E-state index in [1.165, 1.54) is 0 Å². The summed E-state index contributed by atoms with van der Waals surface area (Å²) < 4.78 is 38.1. The van der Waals surface area contributed by atoms with Crippen LogP contribution in [0.3, 0.4) is 0 Å². The van der Waals surface area contributed by atoms with Crippen molar-refractivity contribution in [3.8, 4) is 0 Å². The highest BCUT2D eigenvalue weighted by Gasteiger charge is 2.40. The molecule has 2 rings (SSSR count). The Labute approximate surface area is 125 Å². The number of benzene rings is 1. The first-order valence-electron chi connectivity index (χ1n) is 6.67. The van der Waals surface area contributed by atoms with Crippen molar-refractivity contribution in [1.29, 1.82) is 0 Å². The molecule has 0 bridgehead atoms. The van der Waals surface area contributed by atoms with Gasteiger partial charge in [0.25, 0.3) is 0 Å². The number of carbonyl (C=O) groups is 1. The number of hydrogen-bond donors (Lipinski definition) is 2. The number of halogens is 4. The molecular weight excluding hydrogens is 305 g/mol. The number of amides is 1. The number of anilines is 1. The summed E-state index contributed by atoms with van der Waals surface area (Å²) >= 11 is 5.89. The highest BCUT2D eigenvalue weighted by atomic mass is 35.5. The molecule has 0 aromatic heterocycles. The van der Waals surface area contributed by atoms with Crippen molar-refractivity contribution in [3.63, 3.8) is 0 Å². The van der Waals surface area contributed by atoms with Crippen LogP contribution in [0.5, 0.6) is 0 Å². The summed E-state index contributed by atoms with van der Waals surface area (Å²) in [5.41, 5.74) is -1.43. The van der Waals surface area contributed by atoms with Gasteiger partial charge in [-0.2, -0.15) is 13.2 Å². The minimum Gasteiger partial charge on any atom is -0.324 e. The van der Waals surface area contributed by atoms with Crippen LogP contribution < -0.4 is 10.6 Å². The van der Waals surface area contributed by atoms with Gasteiger partial charge in [0, 0.05) is 6.54 Å². The van der Waals surface area contributed by atoms with E-state index in [1.54, 1.807) is 0 Å². The molecule has 21 heavy (non-hydrogen) atoms. The van der Waals surface area contributed by atoms with E-state index >= 15 is 0 Å². The number of hydrogen-bond acceptors (Lipinski definition) is 2. The van der Waals surface area contributed by atoms with E-state index in [1.807, 2.05) is 6.92 Å². The molecule has 1 heterocycles. The molecule has 1 aromatic carbocycles. The molecule has 1 unspecified atom stereocenters. The molecule has 1 amide bonds. The summed E-state index contributed by atoms with van der Waals surface area (Å²) in [6, 6.07) is 2.90. The zero-order valence-corrected chi connectivity index (χ0v) is 12.2. The monoisotopic (exact) mass is 320 g/mol. The summed E-state index contributed by atoms with van der Waals surface area (Å²) in [4.78, 5) is 12.4. The molecule has 0 radical (unpaired) electrons. The smallest absolute Gasteiger partial charge is 0.324 e. The van der Waals surface area contributed by atoms with E-state index in [0.717, 1.165) is 24.7 Å². The molecule has 1 atom stereocenters. The zero-order chi connectivity index (χ0) is 15.7. The quantitative estimate of drug-likeness (QED) is 0.892. The summed E-state index contributed by atoms with van der Waals surface area (Å²) in [7, 11) is 0. The van der Waals surface area contributed by atoms with Gasteiger partial charge in [-0.15, -0.1) is 0 Å². The van der Waals surface area contributed by atoms with E-state index in [0.29, 0.717) is 19.4 Å². The van der Waals surface area contributed by atoms with Crippen molar-refractivity contribution in [1.82, 2.24) is 5.32 Å². The van der Waals surface area contributed by atoms with Crippen LogP contribution in [0.25, 0.3) is 0 Å². The number of carbonyl (C=O) groups excluding carboxylic acids is 1. The standard InChI is InChI=1S/C14H16ClF3N2O/c1-2-13(5-6-19-8-13)12(21)20-11-7-9(14(16,17)18)3-4-10(11)15/h3-4,7,19H,2,5-6,8H2,1H3,(H,20,21). The lowest BCUT2D eigenvalue weighted by Crippen LogP contribution is -2.37. The Morgan fingerprint density at radius 2 is 2.19 bits per heavy atom. The second-order valence-corrected chi connectivity index (χ2v) is 5.61. The maximum Gasteiger partial charge on any atom is 0.416 e. The van der Waals surface area contributed by atoms with Gasteiger partial charge in [-0.25, -0.2) is 0 Å². The predicted molar refractivity (Wildman–Crippen MR) is 75.3 cm³/mol. The summed E-state index contributed by atoms with van der Waals surface area (Å²) in [6.45, 7) is 3.13. The maximum absolute atomic E-state index is 12.7. The van der Waals surface area contributed by atoms with Crippen LogP contribution in [-0.4, -0.2) is 19.0 Å². The Balaban J connectivity index is 2.25. The van der Waals surface area contributed by atoms with Crippen LogP contribution in [-0.2, 0) is 11.0 Å². The molecule has 116 valence electrons. The number of alkyl halides is 3. The van der Waals surface area contributed by atoms with E-state index in [9.17, 15) is 18.0 Å². The van der Waals surface area contributed by atoms with E-state index in [2.05, 4.69) is 10.6 Å². The first-order chi connectivity index (χ1) is 9.78. The average molecular weight is 321 g/mol. The topological polar surface area (TPSA) is 41.1 Å². The van der Waals surface area contributed by atoms with Gasteiger partial charge in [-0.1, -0.05) is 18.5 Å². The highest BCUT2D eigenvalue weighted by Crippen LogP contribution is 2.36. The van der Waals surface area contributed by atoms with Crippen LogP contribution >= 0.6 is 11.6 Å². The SMILES string of the molecule is CCC1(C(=O)Nc2cc(C(F)(F)F)ccc2Cl)CCNC1. The lowest BCUT2D eigenvalue weighted by atomic mass is 9.83. The van der Waals surface area contributed by atoms with Gasteiger partial charge in [-0.3, -0.25) is 4.79 Å². The molecule has 0 aliphatic carbocycles. The van der Waals surface area contributed by atoms with Gasteiger partial charge in [0.05, 0.1) is 21.7 Å². The molecule has 1 aliphatic heterocycles. The number of nitrogens with one attached hydrogen (secondary N) is 2. The van der Waals surface area contributed by atoms with Crippen molar-refractivity contribution in [3.05, 3.63) is 28.8 Å². The van der Waals surface area contributed by atoms with E-state index < -0.39 is 17.2 Å². The molecule has 1 aromatic rings. The first-order valence-corrected chi connectivity index (χ1v) is 7.05. The molecule has 0 spiro atoms. The first kappa shape index (κ1) is 16.1. The Kier molecular flexibility index (Phi) is 4.49. The minimum absolute atomic E-state index is 0.00350. The average Bonchev–Trinajstić information content (AvgIpc) is 2.90. The minimum atomic E-state index is -4.47. The number of rotatable bonds is 3. The van der Waals surface area contributed by atoms with Gasteiger partial charge in [0.1, 0.15) is 0 Å². The molecule has 3 nitrogen and oxygen atoms in total. The van der Waals surface area contributed by atoms with Gasteiger partial charge in [0.15, 0.2) is 0 Å². The normalized spacial score (nSPS) is 22.3. The van der Waals surface area contributed by atoms with Crippen molar-refractivity contribution < 1.29 is 18.0 Å². The van der Waals surface area contributed by atoms with Gasteiger partial charge < -0.3 is 10.6 Å². The third kappa shape index (κ3) is 3.32. The predicted octanol–water partition coefficient (Wildman–Crippen LogP) is 3.69. The third-order valence-electron chi connectivity index (χ3n) is 3.94. The van der Waals surface area contributed by atoms with Crippen molar-refractivity contribution >= 4 is 23.2 Å². The summed E-state index contributed by atoms with van der Waals surface area (Å²) in [5.74, 6) is -0.295. The van der Waals surface area contributed by atoms with Crippen molar-refractivity contribution in [2.45, 2.75) is 25.9 Å². The third-order valence-corrected chi connectivity index (χ3v) is 4.27. The van der Waals surface area contributed by atoms with Crippen LogP contribution in [0.2, 0.25) is 5.02 Å². The lowest BCUT2D eigenvalue weighted by Gasteiger charge is -2.25. The van der Waals surface area contributed by atoms with Gasteiger partial charge in [0.2, 0.25) is 5.91 Å². The molecule has 0 saturated carbocycles. The molecule has 1 saturated heterocycles. The van der Waals surface area contributed by atoms with E-state index in [-0.39, 0.29) is 16.6 Å². The molecule has 1 aliphatic rings. The molecule has 2 N–H and O–H groups in total. The fraction of sp³-hybridized carbons (Fsp3) is 0.500. The van der Waals surface area contributed by atoms with Crippen molar-refractivity contribution in [2.24, 2.45) is 5.41 Å². The van der Waals surface area contributed by atoms with Crippen LogP contribution in [0.4, 0.5) is 18.9 Å². The lowest BCUT2D eigenvalue weighted by molar-refractivity contribution is -0.137. The fourth-order valence-electron chi connectivity index (χ4n) is 2.45. The maximum atomic E-state index is 12.7. The second kappa shape index (κ2) is 5.85. The fourth-order valence-corrected chi connectivity index (χ4v) is 2.62. The van der Waals surface area contributed by atoms with Gasteiger partial charge in [-0.05, 0) is 37.6 Å². The van der Waals surface area contributed by atoms with Gasteiger partial charge >= 0.3 is 6.18 Å². The Bertz CT molecular complexity index is 540. The van der Waals surface area contributed by atoms with E-state index in [4.69, 9.17) is 11.6 Å². The molecule has 7 heteroatoms. The second-order valence-electron chi connectivity index (χ2n) is 5.21. The Morgan fingerprint density at radius 1 is 1.48 bits per heavy atom. The van der Waals surface area contributed by atoms with Crippen molar-refractivity contribution in [2.75, 3.05) is 18.4 Å². The Morgan fingerprint density at radius 3 is 2.71 bits per heavy atom. The van der Waals surface area contributed by atoms with Crippen LogP contribution in [0.15, 0.2) is 18.2 Å². The summed E-state index contributed by atoms with van der Waals surface area (Å²) in [6.07, 6.45) is -3.20. The molecular formula is C14H16ClF3N2O. The summed E-state index contributed by atoms with van der Waals surface area (Å²) in [5, 5.41) is 5.74.